The van der Waals surface area contributed by atoms with Crippen molar-refractivity contribution >= 4 is 50.9 Å². The molecule has 5 amide bonds. The molecule has 2 fully saturated rings. The van der Waals surface area contributed by atoms with Gasteiger partial charge in [-0.1, -0.05) is 76.1 Å². The van der Waals surface area contributed by atoms with E-state index < -0.39 is 63.7 Å². The van der Waals surface area contributed by atoms with Crippen molar-refractivity contribution in [2.45, 2.75) is 95.1 Å². The van der Waals surface area contributed by atoms with Crippen molar-refractivity contribution in [3.8, 4) is 0 Å². The average Bonchev–Trinajstić information content (AvgIpc) is 3.73. The van der Waals surface area contributed by atoms with Gasteiger partial charge in [0.2, 0.25) is 17.6 Å². The summed E-state index contributed by atoms with van der Waals surface area (Å²) in [4.78, 5) is 70.2. The summed E-state index contributed by atoms with van der Waals surface area (Å²) in [6.07, 6.45) is 2.72. The maximum absolute atomic E-state index is 14.8. The Hall–Kier alpha value is -4.08. The van der Waals surface area contributed by atoms with Crippen LogP contribution in [0.15, 0.2) is 58.1 Å². The molecule has 0 radical (unpaired) electrons. The molecule has 2 aromatic rings. The zero-order valence-electron chi connectivity index (χ0n) is 32.0. The summed E-state index contributed by atoms with van der Waals surface area (Å²) in [7, 11) is -2.37. The molecule has 1 aliphatic heterocycles. The molecule has 0 bridgehead atoms. The maximum atomic E-state index is 14.8. The number of carbonyl (C=O) groups is 5. The van der Waals surface area contributed by atoms with Gasteiger partial charge in [-0.3, -0.25) is 19.2 Å². The van der Waals surface area contributed by atoms with Gasteiger partial charge in [-0.15, -0.1) is 11.3 Å². The zero-order valence-corrected chi connectivity index (χ0v) is 33.6. The van der Waals surface area contributed by atoms with Crippen LogP contribution < -0.4 is 21.3 Å². The predicted octanol–water partition coefficient (Wildman–Crippen LogP) is 3.26. The number of carbonyl (C=O) groups excluding carboxylic acids is 5. The molecular weight excluding hydrogens is 729 g/mol. The first-order valence-corrected chi connectivity index (χ1v) is 21.1. The van der Waals surface area contributed by atoms with E-state index in [1.165, 1.54) is 17.4 Å². The summed E-state index contributed by atoms with van der Waals surface area (Å²) in [6.45, 7) is 14.0. The Labute approximate surface area is 322 Å². The van der Waals surface area contributed by atoms with Gasteiger partial charge in [-0.2, -0.15) is 4.31 Å². The Balaban J connectivity index is 1.39. The number of likely N-dealkylation sites (N-methyl/N-ethyl adjacent to an activating group) is 2. The third-order valence-corrected chi connectivity index (χ3v) is 14.6. The highest BCUT2D eigenvalue weighted by Gasteiger charge is 2.69. The zero-order chi connectivity index (χ0) is 39.5. The quantitative estimate of drug-likeness (QED) is 0.141. The van der Waals surface area contributed by atoms with Gasteiger partial charge in [0.1, 0.15) is 16.3 Å². The number of nitrogens with one attached hydrogen (secondary N) is 4. The van der Waals surface area contributed by atoms with Crippen LogP contribution >= 0.6 is 11.3 Å². The number of sulfonamides is 1. The normalized spacial score (nSPS) is 21.7. The number of nitrogens with zero attached hydrogens (tertiary/aromatic N) is 2. The molecule has 1 aromatic carbocycles. The number of benzene rings is 1. The number of unbranched alkanes of at least 4 members (excludes halogenated alkanes) is 1. The number of piperidine rings is 1. The fraction of sp³-hybridized carbons (Fsp3) is 0.564. The van der Waals surface area contributed by atoms with Gasteiger partial charge < -0.3 is 26.2 Å². The van der Waals surface area contributed by atoms with E-state index >= 15 is 0 Å². The summed E-state index contributed by atoms with van der Waals surface area (Å²) in [5, 5.41) is 12.8. The molecule has 1 saturated carbocycles. The van der Waals surface area contributed by atoms with Crippen LogP contribution in [0.3, 0.4) is 0 Å². The van der Waals surface area contributed by atoms with E-state index in [4.69, 9.17) is 0 Å². The first-order valence-electron chi connectivity index (χ1n) is 18.7. The second-order valence-electron chi connectivity index (χ2n) is 15.5. The van der Waals surface area contributed by atoms with Crippen LogP contribution in [-0.4, -0.2) is 98.0 Å². The Morgan fingerprint density at radius 2 is 1.67 bits per heavy atom. The summed E-state index contributed by atoms with van der Waals surface area (Å²) in [5.74, 6) is -2.84. The first kappa shape index (κ1) is 41.1. The van der Waals surface area contributed by atoms with Crippen molar-refractivity contribution in [2.24, 2.45) is 23.2 Å². The number of amides is 5. The average molecular weight is 783 g/mol. The van der Waals surface area contributed by atoms with Gasteiger partial charge >= 0.3 is 6.03 Å². The highest BCUT2D eigenvalue weighted by Crippen LogP contribution is 2.65. The lowest BCUT2D eigenvalue weighted by Gasteiger charge is -2.35. The van der Waals surface area contributed by atoms with Crippen LogP contribution in [0.25, 0.3) is 0 Å². The van der Waals surface area contributed by atoms with E-state index in [9.17, 15) is 32.4 Å². The SMILES string of the molecule is C=C(C)[C@@H](CN(C)S(=O)(=O)c1cccs1)NC(=O)N[C@H](C(=O)N1C[C@H]2[C@@H]([C@H]1C(=O)NC(CCCC)C(=O)C(=O)NCC)C2(C)C)C1Cc2ccccc2C1. The number of ketones is 1. The van der Waals surface area contributed by atoms with Crippen molar-refractivity contribution < 1.29 is 32.4 Å². The minimum absolute atomic E-state index is 0.0364. The van der Waals surface area contributed by atoms with E-state index in [2.05, 4.69) is 41.7 Å². The monoisotopic (exact) mass is 782 g/mol. The number of urea groups is 1. The lowest BCUT2D eigenvalue weighted by molar-refractivity contribution is -0.144. The molecule has 54 heavy (non-hydrogen) atoms. The lowest BCUT2D eigenvalue weighted by Crippen LogP contribution is -2.61. The van der Waals surface area contributed by atoms with Crippen molar-refractivity contribution in [2.75, 3.05) is 26.7 Å². The van der Waals surface area contributed by atoms with Crippen LogP contribution in [-0.2, 0) is 42.0 Å². The van der Waals surface area contributed by atoms with Crippen molar-refractivity contribution in [1.82, 2.24) is 30.5 Å². The van der Waals surface area contributed by atoms with Crippen LogP contribution in [0.4, 0.5) is 4.79 Å². The largest absolute Gasteiger partial charge is 0.350 e. The molecule has 3 aliphatic rings. The van der Waals surface area contributed by atoms with Crippen LogP contribution in [0.2, 0.25) is 0 Å². The van der Waals surface area contributed by atoms with E-state index in [0.29, 0.717) is 31.4 Å². The number of fused-ring (bicyclic) bond motifs is 2. The van der Waals surface area contributed by atoms with Gasteiger partial charge in [0.25, 0.3) is 15.9 Å². The third-order valence-electron chi connectivity index (χ3n) is 11.4. The highest BCUT2D eigenvalue weighted by molar-refractivity contribution is 7.91. The van der Waals surface area contributed by atoms with Crippen LogP contribution in [0.1, 0.15) is 65.0 Å². The standard InChI is InChI=1S/C39H54N6O7S2/c1-8-10-16-28(34(46)36(48)40-9-2)41-35(47)33-31-27(39(31,5)6)21-45(33)37(49)32(26-19-24-14-11-12-15-25(24)20-26)43-38(50)42-29(23(3)4)22-44(7)54(51,52)30-17-13-18-53-30/h11-15,17-18,26-29,31-33H,3,8-10,16,19-22H2,1-2,4-7H3,(H,40,48)(H,41,47)(H2,42,43,50)/t27-,28?,29+,31-,32-,33-/m0/s1. The molecule has 1 aromatic heterocycles. The Morgan fingerprint density at radius 3 is 2.24 bits per heavy atom. The van der Waals surface area contributed by atoms with Gasteiger partial charge in [0.05, 0.1) is 12.1 Å². The van der Waals surface area contributed by atoms with E-state index in [-0.39, 0.29) is 46.9 Å². The molecule has 6 atom stereocenters. The molecule has 1 unspecified atom stereocenters. The molecule has 1 saturated heterocycles. The highest BCUT2D eigenvalue weighted by atomic mass is 32.2. The summed E-state index contributed by atoms with van der Waals surface area (Å²) >= 11 is 1.10. The summed E-state index contributed by atoms with van der Waals surface area (Å²) in [5.41, 5.74) is 2.44. The molecule has 2 aliphatic carbocycles. The topological polar surface area (TPSA) is 174 Å². The molecule has 4 N–H and O–H groups in total. The number of hydrogen-bond donors (Lipinski definition) is 4. The fourth-order valence-corrected chi connectivity index (χ4v) is 10.5. The fourth-order valence-electron chi connectivity index (χ4n) is 8.13. The second kappa shape index (κ2) is 16.7. The maximum Gasteiger partial charge on any atom is 0.315 e. The van der Waals surface area contributed by atoms with E-state index in [1.807, 2.05) is 31.2 Å². The number of rotatable bonds is 17. The third kappa shape index (κ3) is 8.57. The van der Waals surface area contributed by atoms with Gasteiger partial charge in [0, 0.05) is 26.7 Å². The molecular formula is C39H54N6O7S2. The minimum Gasteiger partial charge on any atom is -0.350 e. The Kier molecular flexibility index (Phi) is 12.7. The van der Waals surface area contributed by atoms with E-state index in [1.54, 1.807) is 30.2 Å². The second-order valence-corrected chi connectivity index (χ2v) is 18.7. The van der Waals surface area contributed by atoms with Crippen molar-refractivity contribution in [1.29, 1.82) is 0 Å². The number of hydrogen-bond acceptors (Lipinski definition) is 8. The lowest BCUT2D eigenvalue weighted by atomic mass is 9.93. The minimum atomic E-state index is -3.81. The molecule has 2 heterocycles. The molecule has 294 valence electrons. The number of Topliss-reactive ketones (excluding diaryl/α,β-unsaturated/α-hetero) is 1. The van der Waals surface area contributed by atoms with Gasteiger partial charge in [-0.05, 0) is 78.9 Å². The van der Waals surface area contributed by atoms with Crippen molar-refractivity contribution in [3.05, 3.63) is 65.1 Å². The molecule has 0 spiro atoms. The van der Waals surface area contributed by atoms with Crippen LogP contribution in [0, 0.1) is 23.2 Å². The molecule has 13 nitrogen and oxygen atoms in total. The van der Waals surface area contributed by atoms with Crippen molar-refractivity contribution in [3.63, 3.8) is 0 Å². The number of thiophene rings is 1. The van der Waals surface area contributed by atoms with Gasteiger partial charge in [0.15, 0.2) is 0 Å². The smallest absolute Gasteiger partial charge is 0.315 e. The Morgan fingerprint density at radius 1 is 1.00 bits per heavy atom. The Bertz CT molecular complexity index is 1840. The first-order chi connectivity index (χ1) is 25.5. The summed E-state index contributed by atoms with van der Waals surface area (Å²) in [6, 6.07) is 6.64. The van der Waals surface area contributed by atoms with E-state index in [0.717, 1.165) is 28.9 Å². The molecule has 5 rings (SSSR count). The number of likely N-dealkylation sites (tertiary alicyclic amines) is 1. The molecule has 15 heteroatoms. The van der Waals surface area contributed by atoms with Gasteiger partial charge in [-0.25, -0.2) is 13.2 Å². The summed E-state index contributed by atoms with van der Waals surface area (Å²) < 4.78 is 27.7. The van der Waals surface area contributed by atoms with Crippen LogP contribution in [0.5, 0.6) is 0 Å². The predicted molar refractivity (Wildman–Crippen MR) is 207 cm³/mol.